The zero-order valence-electron chi connectivity index (χ0n) is 11.3. The first kappa shape index (κ1) is 10.6. The highest BCUT2D eigenvalue weighted by atomic mass is 16.4. The van der Waals surface area contributed by atoms with Crippen LogP contribution in [0.2, 0.25) is 0 Å². The van der Waals surface area contributed by atoms with Gasteiger partial charge in [-0.05, 0) is 18.2 Å². The highest BCUT2D eigenvalue weighted by Gasteiger charge is 2.21. The van der Waals surface area contributed by atoms with Gasteiger partial charge in [0, 0.05) is 37.7 Å². The Morgan fingerprint density at radius 3 is 1.86 bits per heavy atom. The Morgan fingerprint density at radius 2 is 1.09 bits per heavy atom. The van der Waals surface area contributed by atoms with Crippen LogP contribution < -0.4 is 0 Å². The number of furan rings is 4. The number of rotatable bonds is 0. The average molecular weight is 288 g/mol. The van der Waals surface area contributed by atoms with Crippen molar-refractivity contribution in [3.63, 3.8) is 0 Å². The van der Waals surface area contributed by atoms with E-state index in [2.05, 4.69) is 0 Å². The molecule has 0 aliphatic heterocycles. The zero-order valence-corrected chi connectivity index (χ0v) is 11.3. The number of benzene rings is 2. The first-order valence-electron chi connectivity index (χ1n) is 6.98. The minimum atomic E-state index is 0.744. The molecule has 2 aromatic carbocycles. The van der Waals surface area contributed by atoms with Gasteiger partial charge in [0.25, 0.3) is 0 Å². The van der Waals surface area contributed by atoms with E-state index in [0.717, 1.165) is 54.5 Å². The molecule has 0 saturated carbocycles. The average Bonchev–Trinajstić information content (AvgIpc) is 3.28. The molecule has 0 fully saturated rings. The fraction of sp³-hybridized carbons (Fsp3) is 0. The topological polar surface area (TPSA) is 52.6 Å². The van der Waals surface area contributed by atoms with Crippen molar-refractivity contribution in [1.29, 1.82) is 0 Å². The fourth-order valence-corrected chi connectivity index (χ4v) is 3.56. The molecular formula is C18H8O4. The second-order valence-corrected chi connectivity index (χ2v) is 5.44. The van der Waals surface area contributed by atoms with Gasteiger partial charge in [-0.15, -0.1) is 0 Å². The lowest BCUT2D eigenvalue weighted by Crippen LogP contribution is -1.80. The maximum absolute atomic E-state index is 5.80. The van der Waals surface area contributed by atoms with E-state index in [1.807, 2.05) is 18.2 Å². The molecule has 4 heteroatoms. The lowest BCUT2D eigenvalue weighted by molar-refractivity contribution is 0.573. The summed E-state index contributed by atoms with van der Waals surface area (Å²) < 4.78 is 22.6. The summed E-state index contributed by atoms with van der Waals surface area (Å²) >= 11 is 0. The molecule has 0 atom stereocenters. The molecule has 6 rings (SSSR count). The number of hydrogen-bond acceptors (Lipinski definition) is 4. The quantitative estimate of drug-likeness (QED) is 0.353. The van der Waals surface area contributed by atoms with E-state index in [1.54, 1.807) is 31.3 Å². The Morgan fingerprint density at radius 1 is 0.500 bits per heavy atom. The van der Waals surface area contributed by atoms with Crippen molar-refractivity contribution in [3.05, 3.63) is 49.5 Å². The summed E-state index contributed by atoms with van der Waals surface area (Å²) in [4.78, 5) is 0. The van der Waals surface area contributed by atoms with Crippen LogP contribution in [0.15, 0.2) is 67.2 Å². The van der Waals surface area contributed by atoms with Gasteiger partial charge in [0.15, 0.2) is 11.2 Å². The van der Waals surface area contributed by atoms with Gasteiger partial charge in [0.1, 0.15) is 5.58 Å². The summed E-state index contributed by atoms with van der Waals surface area (Å²) in [6.07, 6.45) is 8.62. The minimum absolute atomic E-state index is 0.744. The fourth-order valence-electron chi connectivity index (χ4n) is 3.56. The van der Waals surface area contributed by atoms with E-state index in [4.69, 9.17) is 17.7 Å². The van der Waals surface area contributed by atoms with E-state index in [0.29, 0.717) is 0 Å². The van der Waals surface area contributed by atoms with Crippen molar-refractivity contribution < 1.29 is 17.7 Å². The highest BCUT2D eigenvalue weighted by molar-refractivity contribution is 6.37. The van der Waals surface area contributed by atoms with Gasteiger partial charge in [-0.1, -0.05) is 0 Å². The molecule has 0 spiro atoms. The Balaban J connectivity index is 2.19. The summed E-state index contributed by atoms with van der Waals surface area (Å²) in [5.74, 6) is 0. The van der Waals surface area contributed by atoms with Gasteiger partial charge in [0.05, 0.1) is 31.3 Å². The summed E-state index contributed by atoms with van der Waals surface area (Å²) in [5.41, 5.74) is 2.34. The molecule has 22 heavy (non-hydrogen) atoms. The van der Waals surface area contributed by atoms with E-state index < -0.39 is 0 Å². The van der Waals surface area contributed by atoms with Crippen LogP contribution in [0.5, 0.6) is 0 Å². The summed E-state index contributed by atoms with van der Waals surface area (Å²) in [6.45, 7) is 0. The molecule has 0 aliphatic carbocycles. The predicted molar refractivity (Wildman–Crippen MR) is 83.0 cm³/mol. The van der Waals surface area contributed by atoms with Crippen molar-refractivity contribution in [1.82, 2.24) is 0 Å². The Labute approximate surface area is 122 Å². The van der Waals surface area contributed by atoms with Crippen LogP contribution in [-0.4, -0.2) is 0 Å². The van der Waals surface area contributed by atoms with Gasteiger partial charge in [0.2, 0.25) is 0 Å². The molecular weight excluding hydrogens is 280 g/mol. The molecule has 104 valence electrons. The Kier molecular flexibility index (Phi) is 1.61. The van der Waals surface area contributed by atoms with Crippen LogP contribution in [0.4, 0.5) is 0 Å². The largest absolute Gasteiger partial charge is 0.471 e. The SMILES string of the molecule is c1cc2c(o1)c1occc1c1c3occc3c3cocc3c21. The first-order valence-corrected chi connectivity index (χ1v) is 6.98. The van der Waals surface area contributed by atoms with E-state index in [-0.39, 0.29) is 0 Å². The second kappa shape index (κ2) is 3.36. The lowest BCUT2D eigenvalue weighted by Gasteiger charge is -2.05. The van der Waals surface area contributed by atoms with Crippen molar-refractivity contribution in [2.75, 3.05) is 0 Å². The smallest absolute Gasteiger partial charge is 0.177 e. The standard InChI is InChI=1S/C18H8O4/c1-4-20-16-9(1)12-7-19-8-13(12)14-10-2-5-21-17(10)18-11(15(14)16)3-6-22-18/h1-8H. The normalized spacial score (nSPS) is 12.5. The Bertz CT molecular complexity index is 1120. The van der Waals surface area contributed by atoms with Crippen molar-refractivity contribution in [2.45, 2.75) is 0 Å². The molecule has 4 aromatic heterocycles. The summed E-state index contributed by atoms with van der Waals surface area (Å²) in [7, 11) is 0. The van der Waals surface area contributed by atoms with Gasteiger partial charge < -0.3 is 17.7 Å². The summed E-state index contributed by atoms with van der Waals surface area (Å²) in [6, 6.07) is 5.88. The molecule has 4 heterocycles. The molecule has 0 aliphatic rings. The number of fused-ring (bicyclic) bond motifs is 11. The van der Waals surface area contributed by atoms with E-state index in [1.165, 1.54) is 0 Å². The number of hydrogen-bond donors (Lipinski definition) is 0. The zero-order chi connectivity index (χ0) is 14.3. The van der Waals surface area contributed by atoms with Crippen molar-refractivity contribution >= 4 is 54.5 Å². The van der Waals surface area contributed by atoms with E-state index in [9.17, 15) is 0 Å². The molecule has 4 nitrogen and oxygen atoms in total. The molecule has 0 saturated heterocycles. The molecule has 6 aromatic rings. The molecule has 0 amide bonds. The predicted octanol–water partition coefficient (Wildman–Crippen LogP) is 5.82. The molecule has 0 unspecified atom stereocenters. The van der Waals surface area contributed by atoms with Gasteiger partial charge in [-0.3, -0.25) is 0 Å². The van der Waals surface area contributed by atoms with Crippen LogP contribution >= 0.6 is 0 Å². The van der Waals surface area contributed by atoms with E-state index >= 15 is 0 Å². The molecule has 0 N–H and O–H groups in total. The van der Waals surface area contributed by atoms with Crippen LogP contribution in [0.25, 0.3) is 54.5 Å². The van der Waals surface area contributed by atoms with Gasteiger partial charge in [-0.2, -0.15) is 0 Å². The summed E-state index contributed by atoms with van der Waals surface area (Å²) in [5, 5.41) is 7.24. The third kappa shape index (κ3) is 1.01. The second-order valence-electron chi connectivity index (χ2n) is 5.44. The van der Waals surface area contributed by atoms with Gasteiger partial charge >= 0.3 is 0 Å². The van der Waals surface area contributed by atoms with Crippen LogP contribution in [0.3, 0.4) is 0 Å². The lowest BCUT2D eigenvalue weighted by atomic mass is 9.96. The monoisotopic (exact) mass is 288 g/mol. The Hall–Kier alpha value is -3.14. The van der Waals surface area contributed by atoms with Crippen molar-refractivity contribution in [3.8, 4) is 0 Å². The highest BCUT2D eigenvalue weighted by Crippen LogP contribution is 2.44. The van der Waals surface area contributed by atoms with Gasteiger partial charge in [-0.25, -0.2) is 0 Å². The first-order chi connectivity index (χ1) is 10.9. The maximum Gasteiger partial charge on any atom is 0.177 e. The third-order valence-corrected chi connectivity index (χ3v) is 4.44. The van der Waals surface area contributed by atoms with Crippen molar-refractivity contribution in [2.24, 2.45) is 0 Å². The van der Waals surface area contributed by atoms with Crippen LogP contribution in [0, 0.1) is 0 Å². The third-order valence-electron chi connectivity index (χ3n) is 4.44. The maximum atomic E-state index is 5.80. The molecule has 0 bridgehead atoms. The molecule has 0 radical (unpaired) electrons. The minimum Gasteiger partial charge on any atom is -0.471 e. The van der Waals surface area contributed by atoms with Crippen LogP contribution in [0.1, 0.15) is 0 Å². The van der Waals surface area contributed by atoms with Crippen LogP contribution in [-0.2, 0) is 0 Å².